The number of aromatic nitrogens is 2. The van der Waals surface area contributed by atoms with Crippen molar-refractivity contribution in [1.82, 2.24) is 14.9 Å². The highest BCUT2D eigenvalue weighted by Crippen LogP contribution is 2.35. The number of piperidine rings is 1. The second-order valence-electron chi connectivity index (χ2n) is 9.81. The zero-order valence-electron chi connectivity index (χ0n) is 22.2. The number of ether oxygens (including phenoxy) is 4. The molecule has 0 unspecified atom stereocenters. The van der Waals surface area contributed by atoms with Gasteiger partial charge in [0.2, 0.25) is 11.8 Å². The SMILES string of the molecule is COc1cc(C[C@H]2CO[S@](=O)OC2)ccc1Oc1ncnc(OC2CCN(C(=O)OCC(C)C)CC2)c1C. The van der Waals surface area contributed by atoms with Gasteiger partial charge in [0.25, 0.3) is 0 Å². The number of nitrogens with zero attached hydrogens (tertiary/aromatic N) is 3. The van der Waals surface area contributed by atoms with Crippen LogP contribution in [0.25, 0.3) is 0 Å². The number of rotatable bonds is 9. The van der Waals surface area contributed by atoms with E-state index in [-0.39, 0.29) is 18.1 Å². The Balaban J connectivity index is 1.35. The first-order valence-electron chi connectivity index (χ1n) is 12.8. The first kappa shape index (κ1) is 28.1. The molecule has 0 bridgehead atoms. The lowest BCUT2D eigenvalue weighted by Crippen LogP contribution is -2.42. The zero-order valence-corrected chi connectivity index (χ0v) is 23.0. The molecule has 4 rings (SSSR count). The molecule has 2 aromatic rings. The molecule has 2 aliphatic heterocycles. The summed E-state index contributed by atoms with van der Waals surface area (Å²) in [4.78, 5) is 22.5. The normalized spacial score (nSPS) is 20.3. The summed E-state index contributed by atoms with van der Waals surface area (Å²) < 4.78 is 44.5. The van der Waals surface area contributed by atoms with Crippen LogP contribution in [0.15, 0.2) is 24.5 Å². The summed E-state index contributed by atoms with van der Waals surface area (Å²) in [6.07, 6.45) is 3.10. The zero-order chi connectivity index (χ0) is 27.1. The van der Waals surface area contributed by atoms with Gasteiger partial charge in [-0.25, -0.2) is 14.8 Å². The molecule has 0 saturated carbocycles. The molecule has 0 aliphatic carbocycles. The van der Waals surface area contributed by atoms with Crippen molar-refractivity contribution < 1.29 is 36.3 Å². The van der Waals surface area contributed by atoms with Crippen molar-refractivity contribution in [2.45, 2.75) is 46.1 Å². The van der Waals surface area contributed by atoms with Crippen molar-refractivity contribution in [3.63, 3.8) is 0 Å². The molecule has 2 aliphatic rings. The first-order valence-corrected chi connectivity index (χ1v) is 13.8. The molecule has 0 radical (unpaired) electrons. The van der Waals surface area contributed by atoms with E-state index in [0.717, 1.165) is 5.56 Å². The first-order chi connectivity index (χ1) is 18.3. The van der Waals surface area contributed by atoms with E-state index < -0.39 is 11.4 Å². The molecule has 3 heterocycles. The van der Waals surface area contributed by atoms with Gasteiger partial charge in [-0.1, -0.05) is 19.9 Å². The van der Waals surface area contributed by atoms with E-state index in [1.807, 2.05) is 39.0 Å². The second-order valence-corrected chi connectivity index (χ2v) is 10.7. The quantitative estimate of drug-likeness (QED) is 0.454. The maximum absolute atomic E-state index is 12.2. The number of carbonyl (C=O) groups excluding carboxylic acids is 1. The molecule has 1 amide bonds. The number of benzene rings is 1. The summed E-state index contributed by atoms with van der Waals surface area (Å²) in [5.41, 5.74) is 1.68. The van der Waals surface area contributed by atoms with Crippen LogP contribution in [0.4, 0.5) is 4.79 Å². The van der Waals surface area contributed by atoms with Crippen LogP contribution >= 0.6 is 0 Å². The number of hydrogen-bond donors (Lipinski definition) is 0. The standard InChI is InChI=1S/C26H35N3O8S/c1-17(2)13-33-26(30)29-9-7-21(8-10-29)36-24-18(3)25(28-16-27-24)37-22-6-5-19(12-23(22)32-4)11-20-14-34-38(31)35-15-20/h5-6,12,16-17,20-21H,7-11,13-15H2,1-4H3/t20-,38-. The largest absolute Gasteiger partial charge is 0.493 e. The van der Waals surface area contributed by atoms with E-state index >= 15 is 0 Å². The van der Waals surface area contributed by atoms with Gasteiger partial charge in [0.15, 0.2) is 11.5 Å². The molecule has 11 nitrogen and oxygen atoms in total. The predicted molar refractivity (Wildman–Crippen MR) is 138 cm³/mol. The van der Waals surface area contributed by atoms with Gasteiger partial charge in [-0.15, -0.1) is 0 Å². The van der Waals surface area contributed by atoms with Gasteiger partial charge in [0, 0.05) is 31.8 Å². The van der Waals surface area contributed by atoms with Gasteiger partial charge in [-0.2, -0.15) is 4.21 Å². The highest BCUT2D eigenvalue weighted by molar-refractivity contribution is 7.75. The van der Waals surface area contributed by atoms with Gasteiger partial charge >= 0.3 is 17.5 Å². The van der Waals surface area contributed by atoms with E-state index in [0.29, 0.717) is 86.9 Å². The van der Waals surface area contributed by atoms with Gasteiger partial charge in [-0.05, 0) is 37.0 Å². The lowest BCUT2D eigenvalue weighted by Gasteiger charge is -2.31. The van der Waals surface area contributed by atoms with Crippen LogP contribution < -0.4 is 14.2 Å². The third kappa shape index (κ3) is 7.55. The van der Waals surface area contributed by atoms with E-state index in [1.54, 1.807) is 12.0 Å². The Bertz CT molecular complexity index is 1110. The van der Waals surface area contributed by atoms with E-state index in [2.05, 4.69) is 9.97 Å². The topological polar surface area (TPSA) is 119 Å². The van der Waals surface area contributed by atoms with Crippen molar-refractivity contribution in [3.8, 4) is 23.3 Å². The van der Waals surface area contributed by atoms with Gasteiger partial charge in [0.1, 0.15) is 12.4 Å². The summed E-state index contributed by atoms with van der Waals surface area (Å²) >= 11 is -1.65. The number of likely N-dealkylation sites (tertiary alicyclic amines) is 1. The van der Waals surface area contributed by atoms with Crippen LogP contribution in [-0.4, -0.2) is 71.3 Å². The Kier molecular flexibility index (Phi) is 9.75. The van der Waals surface area contributed by atoms with E-state index in [1.165, 1.54) is 6.33 Å². The van der Waals surface area contributed by atoms with Crippen LogP contribution in [0.1, 0.15) is 37.8 Å². The Morgan fingerprint density at radius 2 is 1.84 bits per heavy atom. The lowest BCUT2D eigenvalue weighted by molar-refractivity contribution is 0.0603. The van der Waals surface area contributed by atoms with Crippen LogP contribution in [-0.2, 0) is 30.9 Å². The van der Waals surface area contributed by atoms with Crippen molar-refractivity contribution in [2.24, 2.45) is 11.8 Å². The summed E-state index contributed by atoms with van der Waals surface area (Å²) in [6, 6.07) is 5.67. The fourth-order valence-electron chi connectivity index (χ4n) is 4.15. The number of carbonyl (C=O) groups is 1. The van der Waals surface area contributed by atoms with E-state index in [9.17, 15) is 9.00 Å². The Labute approximate surface area is 225 Å². The molecule has 0 N–H and O–H groups in total. The van der Waals surface area contributed by atoms with Crippen molar-refractivity contribution in [3.05, 3.63) is 35.7 Å². The average molecular weight is 550 g/mol. The molecule has 1 aromatic carbocycles. The lowest BCUT2D eigenvalue weighted by atomic mass is 10.0. The summed E-state index contributed by atoms with van der Waals surface area (Å²) in [5, 5.41) is 0. The minimum absolute atomic E-state index is 0.0791. The molecule has 0 atom stereocenters. The van der Waals surface area contributed by atoms with Gasteiger partial charge < -0.3 is 23.8 Å². The maximum atomic E-state index is 12.2. The average Bonchev–Trinajstić information content (AvgIpc) is 2.92. The summed E-state index contributed by atoms with van der Waals surface area (Å²) in [6.45, 7) is 8.16. The van der Waals surface area contributed by atoms with Crippen LogP contribution in [0.2, 0.25) is 0 Å². The summed E-state index contributed by atoms with van der Waals surface area (Å²) in [5.74, 6) is 2.28. The maximum Gasteiger partial charge on any atom is 0.409 e. The third-order valence-electron chi connectivity index (χ3n) is 6.27. The summed E-state index contributed by atoms with van der Waals surface area (Å²) in [7, 11) is 1.58. The van der Waals surface area contributed by atoms with Crippen molar-refractivity contribution >= 4 is 17.5 Å². The van der Waals surface area contributed by atoms with Crippen LogP contribution in [0, 0.1) is 18.8 Å². The number of amides is 1. The molecular weight excluding hydrogens is 514 g/mol. The Morgan fingerprint density at radius 3 is 2.53 bits per heavy atom. The molecule has 2 saturated heterocycles. The fraction of sp³-hybridized carbons (Fsp3) is 0.577. The molecule has 2 fully saturated rings. The Morgan fingerprint density at radius 1 is 1.13 bits per heavy atom. The highest BCUT2D eigenvalue weighted by Gasteiger charge is 2.26. The molecule has 12 heteroatoms. The molecule has 1 aromatic heterocycles. The predicted octanol–water partition coefficient (Wildman–Crippen LogP) is 4.01. The minimum Gasteiger partial charge on any atom is -0.493 e. The van der Waals surface area contributed by atoms with Gasteiger partial charge in [0.05, 0.1) is 32.5 Å². The van der Waals surface area contributed by atoms with Crippen LogP contribution in [0.5, 0.6) is 23.3 Å². The Hall–Kier alpha value is -2.96. The van der Waals surface area contributed by atoms with Crippen LogP contribution in [0.3, 0.4) is 0 Å². The molecular formula is C26H35N3O8S. The van der Waals surface area contributed by atoms with Crippen molar-refractivity contribution in [1.29, 1.82) is 0 Å². The van der Waals surface area contributed by atoms with Crippen molar-refractivity contribution in [2.75, 3.05) is 40.0 Å². The monoisotopic (exact) mass is 549 g/mol. The number of methoxy groups -OCH3 is 1. The number of hydrogen-bond acceptors (Lipinski definition) is 10. The van der Waals surface area contributed by atoms with E-state index in [4.69, 9.17) is 27.3 Å². The highest BCUT2D eigenvalue weighted by atomic mass is 32.2. The van der Waals surface area contributed by atoms with Gasteiger partial charge in [-0.3, -0.25) is 8.37 Å². The third-order valence-corrected chi connectivity index (χ3v) is 6.93. The minimum atomic E-state index is -1.65. The molecule has 208 valence electrons. The molecule has 0 spiro atoms. The second kappa shape index (κ2) is 13.2. The fourth-order valence-corrected chi connectivity index (χ4v) is 4.82. The smallest absolute Gasteiger partial charge is 0.409 e. The molecule has 38 heavy (non-hydrogen) atoms.